The van der Waals surface area contributed by atoms with Crippen LogP contribution < -0.4 is 10.6 Å². The van der Waals surface area contributed by atoms with Crippen molar-refractivity contribution >= 4 is 29.9 Å². The standard InChI is InChI=1S/C13H21N3O2.HI/c1-2-14-13(15-9-11-5-3-7-17-11)16-10-12-6-4-8-18-12;/h3,5,7,12H,2,4,6,8-10H2,1H3,(H2,14,15,16);1H. The van der Waals surface area contributed by atoms with Crippen LogP contribution in [0.3, 0.4) is 0 Å². The van der Waals surface area contributed by atoms with Crippen LogP contribution in [0.4, 0.5) is 0 Å². The molecule has 1 aromatic heterocycles. The first-order valence-electron chi connectivity index (χ1n) is 6.54. The zero-order chi connectivity index (χ0) is 12.6. The Kier molecular flexibility index (Phi) is 7.88. The molecule has 19 heavy (non-hydrogen) atoms. The van der Waals surface area contributed by atoms with Crippen LogP contribution in [0.15, 0.2) is 27.8 Å². The van der Waals surface area contributed by atoms with Gasteiger partial charge >= 0.3 is 0 Å². The fourth-order valence-electron chi connectivity index (χ4n) is 1.92. The minimum Gasteiger partial charge on any atom is -0.467 e. The second kappa shape index (κ2) is 9.19. The Hall–Kier alpha value is -0.760. The zero-order valence-corrected chi connectivity index (χ0v) is 13.6. The maximum atomic E-state index is 5.57. The molecule has 0 spiro atoms. The smallest absolute Gasteiger partial charge is 0.191 e. The van der Waals surface area contributed by atoms with Crippen molar-refractivity contribution in [2.45, 2.75) is 32.4 Å². The van der Waals surface area contributed by atoms with Gasteiger partial charge in [-0.3, -0.25) is 0 Å². The molecule has 2 rings (SSSR count). The third kappa shape index (κ3) is 5.82. The molecule has 0 bridgehead atoms. The molecule has 1 aliphatic heterocycles. The lowest BCUT2D eigenvalue weighted by molar-refractivity contribution is 0.114. The summed E-state index contributed by atoms with van der Waals surface area (Å²) < 4.78 is 10.8. The van der Waals surface area contributed by atoms with E-state index in [1.807, 2.05) is 12.1 Å². The molecule has 0 radical (unpaired) electrons. The number of nitrogens with zero attached hydrogens (tertiary/aromatic N) is 1. The fraction of sp³-hybridized carbons (Fsp3) is 0.615. The van der Waals surface area contributed by atoms with Crippen molar-refractivity contribution < 1.29 is 9.15 Å². The Balaban J connectivity index is 0.00000180. The molecule has 2 heterocycles. The van der Waals surface area contributed by atoms with Crippen molar-refractivity contribution in [3.05, 3.63) is 24.2 Å². The number of furan rings is 1. The van der Waals surface area contributed by atoms with Gasteiger partial charge in [0.15, 0.2) is 5.96 Å². The SMILES string of the molecule is CCNC(=NCc1ccco1)NCC1CCCO1.I. The van der Waals surface area contributed by atoms with Crippen molar-refractivity contribution in [3.8, 4) is 0 Å². The van der Waals surface area contributed by atoms with Gasteiger partial charge in [0, 0.05) is 19.7 Å². The number of ether oxygens (including phenoxy) is 1. The highest BCUT2D eigenvalue weighted by Gasteiger charge is 2.15. The number of nitrogens with one attached hydrogen (secondary N) is 2. The first-order valence-corrected chi connectivity index (χ1v) is 6.54. The summed E-state index contributed by atoms with van der Waals surface area (Å²) in [4.78, 5) is 4.46. The van der Waals surface area contributed by atoms with Gasteiger partial charge in [0.05, 0.1) is 12.4 Å². The summed E-state index contributed by atoms with van der Waals surface area (Å²) in [7, 11) is 0. The number of guanidine groups is 1. The predicted molar refractivity (Wildman–Crippen MR) is 85.9 cm³/mol. The minimum absolute atomic E-state index is 0. The summed E-state index contributed by atoms with van der Waals surface area (Å²) in [5, 5.41) is 6.51. The predicted octanol–water partition coefficient (Wildman–Crippen LogP) is 2.13. The van der Waals surface area contributed by atoms with Crippen LogP contribution in [0.5, 0.6) is 0 Å². The van der Waals surface area contributed by atoms with Crippen LogP contribution in [-0.4, -0.2) is 31.8 Å². The highest BCUT2D eigenvalue weighted by molar-refractivity contribution is 14.0. The molecule has 1 aliphatic rings. The lowest BCUT2D eigenvalue weighted by Crippen LogP contribution is -2.41. The van der Waals surface area contributed by atoms with E-state index in [9.17, 15) is 0 Å². The second-order valence-corrected chi connectivity index (χ2v) is 4.29. The fourth-order valence-corrected chi connectivity index (χ4v) is 1.92. The maximum absolute atomic E-state index is 5.57. The zero-order valence-electron chi connectivity index (χ0n) is 11.2. The molecule has 0 amide bonds. The number of halogens is 1. The van der Waals surface area contributed by atoms with Crippen LogP contribution >= 0.6 is 24.0 Å². The van der Waals surface area contributed by atoms with Crippen molar-refractivity contribution in [1.82, 2.24) is 10.6 Å². The van der Waals surface area contributed by atoms with Gasteiger partial charge in [0.25, 0.3) is 0 Å². The average Bonchev–Trinajstić information content (AvgIpc) is 3.05. The number of hydrogen-bond donors (Lipinski definition) is 2. The van der Waals surface area contributed by atoms with E-state index in [1.165, 1.54) is 0 Å². The third-order valence-electron chi connectivity index (χ3n) is 2.84. The summed E-state index contributed by atoms with van der Waals surface area (Å²) >= 11 is 0. The van der Waals surface area contributed by atoms with Crippen LogP contribution in [0, 0.1) is 0 Å². The lowest BCUT2D eigenvalue weighted by Gasteiger charge is -2.14. The molecule has 1 atom stereocenters. The number of hydrogen-bond acceptors (Lipinski definition) is 3. The molecular weight excluding hydrogens is 357 g/mol. The Morgan fingerprint density at radius 2 is 2.37 bits per heavy atom. The Bertz CT molecular complexity index is 362. The van der Waals surface area contributed by atoms with Gasteiger partial charge < -0.3 is 19.8 Å². The molecule has 1 fully saturated rings. The van der Waals surface area contributed by atoms with Crippen LogP contribution in [-0.2, 0) is 11.3 Å². The normalized spacial score (nSPS) is 19.0. The summed E-state index contributed by atoms with van der Waals surface area (Å²) in [5.74, 6) is 1.67. The minimum atomic E-state index is 0. The molecule has 108 valence electrons. The van der Waals surface area contributed by atoms with Crippen molar-refractivity contribution in [1.29, 1.82) is 0 Å². The molecule has 0 saturated carbocycles. The van der Waals surface area contributed by atoms with E-state index in [-0.39, 0.29) is 24.0 Å². The molecule has 0 aliphatic carbocycles. The van der Waals surface area contributed by atoms with Gasteiger partial charge in [-0.15, -0.1) is 24.0 Å². The summed E-state index contributed by atoms with van der Waals surface area (Å²) in [6.45, 7) is 5.13. The molecule has 0 aromatic carbocycles. The van der Waals surface area contributed by atoms with E-state index in [0.29, 0.717) is 12.6 Å². The summed E-state index contributed by atoms with van der Waals surface area (Å²) in [5.41, 5.74) is 0. The highest BCUT2D eigenvalue weighted by Crippen LogP contribution is 2.10. The monoisotopic (exact) mass is 379 g/mol. The lowest BCUT2D eigenvalue weighted by atomic mass is 10.2. The largest absolute Gasteiger partial charge is 0.467 e. The van der Waals surface area contributed by atoms with Crippen LogP contribution in [0.2, 0.25) is 0 Å². The van der Waals surface area contributed by atoms with Crippen LogP contribution in [0.25, 0.3) is 0 Å². The first kappa shape index (κ1) is 16.3. The molecular formula is C13H22IN3O2. The third-order valence-corrected chi connectivity index (χ3v) is 2.84. The first-order chi connectivity index (χ1) is 8.88. The quantitative estimate of drug-likeness (QED) is 0.468. The molecule has 6 heteroatoms. The van der Waals surface area contributed by atoms with Crippen molar-refractivity contribution in [2.24, 2.45) is 4.99 Å². The van der Waals surface area contributed by atoms with Gasteiger partial charge in [-0.05, 0) is 31.9 Å². The van der Waals surface area contributed by atoms with Gasteiger partial charge in [-0.2, -0.15) is 0 Å². The van der Waals surface area contributed by atoms with Crippen molar-refractivity contribution in [3.63, 3.8) is 0 Å². The topological polar surface area (TPSA) is 58.8 Å². The van der Waals surface area contributed by atoms with Gasteiger partial charge in [-0.1, -0.05) is 0 Å². The summed E-state index contributed by atoms with van der Waals surface area (Å²) in [6.07, 6.45) is 4.27. The number of rotatable bonds is 5. The van der Waals surface area contributed by atoms with E-state index < -0.39 is 0 Å². The van der Waals surface area contributed by atoms with E-state index >= 15 is 0 Å². The molecule has 2 N–H and O–H groups in total. The van der Waals surface area contributed by atoms with E-state index in [1.54, 1.807) is 6.26 Å². The highest BCUT2D eigenvalue weighted by atomic mass is 127. The van der Waals surface area contributed by atoms with Gasteiger partial charge in [0.2, 0.25) is 0 Å². The molecule has 5 nitrogen and oxygen atoms in total. The van der Waals surface area contributed by atoms with Gasteiger partial charge in [0.1, 0.15) is 12.3 Å². The summed E-state index contributed by atoms with van der Waals surface area (Å²) in [6, 6.07) is 3.80. The molecule has 1 aromatic rings. The Morgan fingerprint density at radius 3 is 3.00 bits per heavy atom. The van der Waals surface area contributed by atoms with Crippen molar-refractivity contribution in [2.75, 3.05) is 19.7 Å². The van der Waals surface area contributed by atoms with E-state index in [2.05, 4.69) is 22.5 Å². The maximum Gasteiger partial charge on any atom is 0.191 e. The average molecular weight is 379 g/mol. The van der Waals surface area contributed by atoms with Crippen LogP contribution in [0.1, 0.15) is 25.5 Å². The molecule has 1 unspecified atom stereocenters. The number of aliphatic imine (C=N–C) groups is 1. The second-order valence-electron chi connectivity index (χ2n) is 4.29. The Labute approximate surface area is 131 Å². The Morgan fingerprint density at radius 1 is 1.47 bits per heavy atom. The molecule has 1 saturated heterocycles. The van der Waals surface area contributed by atoms with E-state index in [0.717, 1.165) is 44.3 Å². The van der Waals surface area contributed by atoms with Gasteiger partial charge in [-0.25, -0.2) is 4.99 Å². The van der Waals surface area contributed by atoms with E-state index in [4.69, 9.17) is 9.15 Å².